The van der Waals surface area contributed by atoms with Crippen LogP contribution >= 0.6 is 0 Å². The molecule has 1 aliphatic heterocycles. The van der Waals surface area contributed by atoms with Gasteiger partial charge in [-0.1, -0.05) is 13.0 Å². The average molecular weight is 402 g/mol. The van der Waals surface area contributed by atoms with Gasteiger partial charge in [-0.15, -0.1) is 0 Å². The van der Waals surface area contributed by atoms with Gasteiger partial charge in [-0.05, 0) is 94.4 Å². The number of amides is 1. The van der Waals surface area contributed by atoms with E-state index in [1.165, 1.54) is 24.0 Å². The molecule has 2 aliphatic rings. The number of carbonyl (C=O) groups is 2. The zero-order valence-corrected chi connectivity index (χ0v) is 18.5. The van der Waals surface area contributed by atoms with Gasteiger partial charge < -0.3 is 14.4 Å². The summed E-state index contributed by atoms with van der Waals surface area (Å²) in [6.07, 6.45) is 5.07. The Morgan fingerprint density at radius 2 is 1.83 bits per heavy atom. The summed E-state index contributed by atoms with van der Waals surface area (Å²) in [5.74, 6) is 0.336. The number of piperidine rings is 1. The van der Waals surface area contributed by atoms with Gasteiger partial charge in [0.05, 0.1) is 12.2 Å². The molecular formula is C24H35NO4. The highest BCUT2D eigenvalue weighted by Gasteiger charge is 2.35. The molecular weight excluding hydrogens is 366 g/mol. The summed E-state index contributed by atoms with van der Waals surface area (Å²) in [5.41, 5.74) is 2.99. The van der Waals surface area contributed by atoms with E-state index >= 15 is 0 Å². The molecule has 3 rings (SSSR count). The predicted octanol–water partition coefficient (Wildman–Crippen LogP) is 5.32. The van der Waals surface area contributed by atoms with Crippen molar-refractivity contribution < 1.29 is 19.1 Å². The van der Waals surface area contributed by atoms with E-state index in [0.29, 0.717) is 18.1 Å². The zero-order chi connectivity index (χ0) is 21.2. The zero-order valence-electron chi connectivity index (χ0n) is 18.5. The molecule has 1 amide bonds. The van der Waals surface area contributed by atoms with E-state index in [9.17, 15) is 9.59 Å². The van der Waals surface area contributed by atoms with Gasteiger partial charge in [0.2, 0.25) is 0 Å². The van der Waals surface area contributed by atoms with Crippen LogP contribution in [0.5, 0.6) is 0 Å². The number of hydrogen-bond acceptors (Lipinski definition) is 4. The summed E-state index contributed by atoms with van der Waals surface area (Å²) in [5, 5.41) is 0. The van der Waals surface area contributed by atoms with E-state index in [4.69, 9.17) is 9.47 Å². The number of carbonyl (C=O) groups excluding carboxylic acids is 2. The highest BCUT2D eigenvalue weighted by Crippen LogP contribution is 2.44. The number of esters is 1. The van der Waals surface area contributed by atoms with Crippen LogP contribution in [-0.4, -0.2) is 42.3 Å². The minimum atomic E-state index is -0.461. The maximum Gasteiger partial charge on any atom is 0.410 e. The van der Waals surface area contributed by atoms with Gasteiger partial charge in [0, 0.05) is 13.1 Å². The summed E-state index contributed by atoms with van der Waals surface area (Å²) in [6.45, 7) is 11.7. The molecule has 5 nitrogen and oxygen atoms in total. The van der Waals surface area contributed by atoms with Crippen molar-refractivity contribution in [3.05, 3.63) is 34.9 Å². The summed E-state index contributed by atoms with van der Waals surface area (Å²) >= 11 is 0. The largest absolute Gasteiger partial charge is 0.462 e. The summed E-state index contributed by atoms with van der Waals surface area (Å²) in [6, 6.07) is 6.06. The third-order valence-electron chi connectivity index (χ3n) is 5.91. The van der Waals surface area contributed by atoms with Gasteiger partial charge in [0.25, 0.3) is 0 Å². The fourth-order valence-corrected chi connectivity index (χ4v) is 4.06. The van der Waals surface area contributed by atoms with Gasteiger partial charge in [0.1, 0.15) is 5.60 Å². The van der Waals surface area contributed by atoms with Gasteiger partial charge in [-0.3, -0.25) is 0 Å². The van der Waals surface area contributed by atoms with E-state index in [0.717, 1.165) is 32.4 Å². The molecule has 0 spiro atoms. The van der Waals surface area contributed by atoms with Crippen molar-refractivity contribution in [1.82, 2.24) is 4.90 Å². The van der Waals surface area contributed by atoms with Crippen molar-refractivity contribution >= 4 is 12.1 Å². The molecule has 0 radical (unpaired) electrons. The van der Waals surface area contributed by atoms with E-state index in [2.05, 4.69) is 13.0 Å². The molecule has 2 fully saturated rings. The van der Waals surface area contributed by atoms with Crippen LogP contribution in [0.4, 0.5) is 4.79 Å². The van der Waals surface area contributed by atoms with Crippen LogP contribution in [0.3, 0.4) is 0 Å². The fraction of sp³-hybridized carbons (Fsp3) is 0.667. The Bertz CT molecular complexity index is 753. The molecule has 0 unspecified atom stereocenters. The first-order valence-corrected chi connectivity index (χ1v) is 10.9. The standard InChI is InChI=1S/C24H35NO4/c1-6-28-21(26)18-9-10-19(20(15-18)17-7-8-17)16-24(5)11-13-25(14-12-24)22(27)29-23(2,3)4/h9-10,15,17H,6-8,11-14,16H2,1-5H3. The second kappa shape index (κ2) is 8.37. The SMILES string of the molecule is CCOC(=O)c1ccc(CC2(C)CCN(C(=O)OC(C)(C)C)CC2)c(C2CC2)c1. The molecule has 1 saturated heterocycles. The lowest BCUT2D eigenvalue weighted by Crippen LogP contribution is -2.45. The second-order valence-corrected chi connectivity index (χ2v) is 9.86. The van der Waals surface area contributed by atoms with E-state index < -0.39 is 5.60 Å². The Hall–Kier alpha value is -2.04. The van der Waals surface area contributed by atoms with E-state index in [1.807, 2.05) is 44.7 Å². The second-order valence-electron chi connectivity index (χ2n) is 9.86. The summed E-state index contributed by atoms with van der Waals surface area (Å²) in [4.78, 5) is 26.3. The smallest absolute Gasteiger partial charge is 0.410 e. The molecule has 1 aliphatic carbocycles. The molecule has 0 aromatic heterocycles. The molecule has 5 heteroatoms. The Morgan fingerprint density at radius 1 is 1.17 bits per heavy atom. The number of likely N-dealkylation sites (tertiary alicyclic amines) is 1. The van der Waals surface area contributed by atoms with Crippen LogP contribution in [0.2, 0.25) is 0 Å². The fourth-order valence-electron chi connectivity index (χ4n) is 4.06. The highest BCUT2D eigenvalue weighted by molar-refractivity contribution is 5.89. The van der Waals surface area contributed by atoms with Crippen molar-refractivity contribution in [3.8, 4) is 0 Å². The minimum absolute atomic E-state index is 0.146. The van der Waals surface area contributed by atoms with E-state index in [1.54, 1.807) is 0 Å². The van der Waals surface area contributed by atoms with Crippen LogP contribution in [0, 0.1) is 5.41 Å². The molecule has 0 N–H and O–H groups in total. The van der Waals surface area contributed by atoms with Crippen LogP contribution in [0.15, 0.2) is 18.2 Å². The topological polar surface area (TPSA) is 55.8 Å². The Balaban J connectivity index is 1.67. The average Bonchev–Trinajstić information content (AvgIpc) is 3.46. The van der Waals surface area contributed by atoms with Gasteiger partial charge >= 0.3 is 12.1 Å². The third-order valence-corrected chi connectivity index (χ3v) is 5.91. The molecule has 1 aromatic carbocycles. The van der Waals surface area contributed by atoms with Crippen molar-refractivity contribution in [2.45, 2.75) is 78.2 Å². The lowest BCUT2D eigenvalue weighted by molar-refractivity contribution is 0.0119. The molecule has 29 heavy (non-hydrogen) atoms. The van der Waals surface area contributed by atoms with Crippen LogP contribution < -0.4 is 0 Å². The monoisotopic (exact) mass is 401 g/mol. The first-order valence-electron chi connectivity index (χ1n) is 10.9. The summed E-state index contributed by atoms with van der Waals surface area (Å²) in [7, 11) is 0. The Kier molecular flexibility index (Phi) is 6.25. The van der Waals surface area contributed by atoms with Crippen molar-refractivity contribution in [3.63, 3.8) is 0 Å². The Labute approximate surface area is 174 Å². The highest BCUT2D eigenvalue weighted by atomic mass is 16.6. The maximum atomic E-state index is 12.3. The predicted molar refractivity (Wildman–Crippen MR) is 113 cm³/mol. The lowest BCUT2D eigenvalue weighted by Gasteiger charge is -2.40. The molecule has 1 heterocycles. The molecule has 160 valence electrons. The first kappa shape index (κ1) is 21.7. The third kappa shape index (κ3) is 5.74. The number of rotatable bonds is 5. The number of nitrogens with zero attached hydrogens (tertiary/aromatic N) is 1. The lowest BCUT2D eigenvalue weighted by atomic mass is 9.74. The van der Waals surface area contributed by atoms with Crippen LogP contribution in [0.1, 0.15) is 87.7 Å². The number of ether oxygens (including phenoxy) is 2. The first-order chi connectivity index (χ1) is 13.6. The van der Waals surface area contributed by atoms with Gasteiger partial charge in [-0.2, -0.15) is 0 Å². The summed E-state index contributed by atoms with van der Waals surface area (Å²) < 4.78 is 10.7. The normalized spacial score (nSPS) is 19.0. The van der Waals surface area contributed by atoms with Crippen LogP contribution in [-0.2, 0) is 15.9 Å². The molecule has 0 atom stereocenters. The minimum Gasteiger partial charge on any atom is -0.462 e. The van der Waals surface area contributed by atoms with Gasteiger partial charge in [-0.25, -0.2) is 9.59 Å². The molecule has 0 bridgehead atoms. The van der Waals surface area contributed by atoms with Crippen LogP contribution in [0.25, 0.3) is 0 Å². The van der Waals surface area contributed by atoms with E-state index in [-0.39, 0.29) is 17.5 Å². The maximum absolute atomic E-state index is 12.3. The van der Waals surface area contributed by atoms with Crippen molar-refractivity contribution in [2.24, 2.45) is 5.41 Å². The number of hydrogen-bond donors (Lipinski definition) is 0. The molecule has 1 aromatic rings. The van der Waals surface area contributed by atoms with Crippen molar-refractivity contribution in [1.29, 1.82) is 0 Å². The Morgan fingerprint density at radius 3 is 2.38 bits per heavy atom. The quantitative estimate of drug-likeness (QED) is 0.627. The number of benzene rings is 1. The van der Waals surface area contributed by atoms with Gasteiger partial charge in [0.15, 0.2) is 0 Å². The van der Waals surface area contributed by atoms with Crippen molar-refractivity contribution in [2.75, 3.05) is 19.7 Å². The molecule has 1 saturated carbocycles.